The maximum atomic E-state index is 12.0. The number of carbonyl (C=O) groups is 1. The number of nitrogens with two attached hydrogens (primary N) is 1. The van der Waals surface area contributed by atoms with Crippen molar-refractivity contribution < 1.29 is 4.79 Å². The number of hydrogen-bond donors (Lipinski definition) is 1. The largest absolute Gasteiger partial charge is 0.368 e. The van der Waals surface area contributed by atoms with Crippen LogP contribution in [0.4, 0.5) is 0 Å². The molecule has 21 heavy (non-hydrogen) atoms. The van der Waals surface area contributed by atoms with Crippen LogP contribution < -0.4 is 5.73 Å². The Balaban J connectivity index is 1.83. The lowest BCUT2D eigenvalue weighted by Crippen LogP contribution is -2.42. The van der Waals surface area contributed by atoms with Gasteiger partial charge in [0.2, 0.25) is 5.91 Å². The molecule has 2 aromatic rings. The Labute approximate surface area is 124 Å². The summed E-state index contributed by atoms with van der Waals surface area (Å²) in [5.41, 5.74) is 6.65. The number of aromatic nitrogens is 2. The molecule has 3 rings (SSSR count). The smallest absolute Gasteiger partial charge is 0.239 e. The van der Waals surface area contributed by atoms with E-state index in [4.69, 9.17) is 5.73 Å². The second-order valence-electron chi connectivity index (χ2n) is 5.48. The highest BCUT2D eigenvalue weighted by molar-refractivity contribution is 5.81. The highest BCUT2D eigenvalue weighted by Gasteiger charge is 2.34. The highest BCUT2D eigenvalue weighted by atomic mass is 16.1. The summed E-state index contributed by atoms with van der Waals surface area (Å²) < 4.78 is 1.92. The highest BCUT2D eigenvalue weighted by Crippen LogP contribution is 2.30. The Morgan fingerprint density at radius 3 is 2.81 bits per heavy atom. The predicted molar refractivity (Wildman–Crippen MR) is 80.3 cm³/mol. The van der Waals surface area contributed by atoms with E-state index in [1.165, 1.54) is 0 Å². The first-order chi connectivity index (χ1) is 10.3. The molecule has 5 heteroatoms. The van der Waals surface area contributed by atoms with Gasteiger partial charge in [-0.25, -0.2) is 0 Å². The molecule has 5 nitrogen and oxygen atoms in total. The van der Waals surface area contributed by atoms with Crippen LogP contribution in [0.5, 0.6) is 0 Å². The third-order valence-electron chi connectivity index (χ3n) is 4.10. The van der Waals surface area contributed by atoms with Gasteiger partial charge in [-0.3, -0.25) is 14.4 Å². The Bertz CT molecular complexity index is 582. The zero-order valence-electron chi connectivity index (χ0n) is 11.9. The lowest BCUT2D eigenvalue weighted by molar-refractivity contribution is -0.124. The second-order valence-corrected chi connectivity index (χ2v) is 5.48. The zero-order chi connectivity index (χ0) is 14.7. The number of carbonyl (C=O) groups excluding carboxylic acids is 1. The molecule has 1 aromatic heterocycles. The quantitative estimate of drug-likeness (QED) is 0.906. The molecule has 0 saturated carbocycles. The maximum Gasteiger partial charge on any atom is 0.239 e. The van der Waals surface area contributed by atoms with Crippen molar-refractivity contribution in [2.24, 2.45) is 5.73 Å². The van der Waals surface area contributed by atoms with Gasteiger partial charge in [-0.1, -0.05) is 30.3 Å². The molecule has 1 fully saturated rings. The molecule has 1 aromatic carbocycles. The standard InChI is InChI=1S/C16H20N4O/c17-16(21)15(13-6-2-1-3-7-13)20-11-4-8-14(20)12-19-10-5-9-18-19/h1-3,5-7,9-10,14-15H,4,8,11-12H2,(H2,17,21)/t14-,15-/m1/s1. The van der Waals surface area contributed by atoms with Crippen molar-refractivity contribution in [1.29, 1.82) is 0 Å². The molecular formula is C16H20N4O. The molecule has 0 bridgehead atoms. The number of primary amides is 1. The van der Waals surface area contributed by atoms with E-state index in [1.807, 2.05) is 47.3 Å². The SMILES string of the molecule is NC(=O)[C@@H](c1ccccc1)N1CCC[C@@H]1Cn1cccn1. The molecule has 1 saturated heterocycles. The van der Waals surface area contributed by atoms with Crippen molar-refractivity contribution in [1.82, 2.24) is 14.7 Å². The summed E-state index contributed by atoms with van der Waals surface area (Å²) in [5, 5.41) is 4.26. The first-order valence-electron chi connectivity index (χ1n) is 7.33. The fraction of sp³-hybridized carbons (Fsp3) is 0.375. The molecule has 0 spiro atoms. The monoisotopic (exact) mass is 284 g/mol. The van der Waals surface area contributed by atoms with Crippen molar-refractivity contribution in [3.05, 3.63) is 54.4 Å². The number of nitrogens with zero attached hydrogens (tertiary/aromatic N) is 3. The number of hydrogen-bond acceptors (Lipinski definition) is 3. The van der Waals surface area contributed by atoms with E-state index < -0.39 is 0 Å². The van der Waals surface area contributed by atoms with Gasteiger partial charge in [-0.05, 0) is 31.0 Å². The van der Waals surface area contributed by atoms with Crippen LogP contribution in [-0.2, 0) is 11.3 Å². The van der Waals surface area contributed by atoms with Crippen LogP contribution in [-0.4, -0.2) is 33.2 Å². The number of likely N-dealkylation sites (tertiary alicyclic amines) is 1. The summed E-state index contributed by atoms with van der Waals surface area (Å²) in [4.78, 5) is 14.2. The van der Waals surface area contributed by atoms with Gasteiger partial charge in [-0.15, -0.1) is 0 Å². The lowest BCUT2D eigenvalue weighted by atomic mass is 10.0. The minimum absolute atomic E-state index is 0.284. The summed E-state index contributed by atoms with van der Waals surface area (Å²) in [5.74, 6) is -0.284. The molecule has 0 radical (unpaired) electrons. The molecule has 1 aliphatic heterocycles. The van der Waals surface area contributed by atoms with Gasteiger partial charge < -0.3 is 5.73 Å². The Morgan fingerprint density at radius 1 is 1.33 bits per heavy atom. The van der Waals surface area contributed by atoms with E-state index >= 15 is 0 Å². The topological polar surface area (TPSA) is 64.2 Å². The van der Waals surface area contributed by atoms with Crippen LogP contribution in [0, 0.1) is 0 Å². The van der Waals surface area contributed by atoms with E-state index in [-0.39, 0.29) is 11.9 Å². The van der Waals surface area contributed by atoms with Gasteiger partial charge in [0.05, 0.1) is 6.54 Å². The fourth-order valence-electron chi connectivity index (χ4n) is 3.17. The minimum atomic E-state index is -0.353. The maximum absolute atomic E-state index is 12.0. The van der Waals surface area contributed by atoms with Crippen LogP contribution in [0.1, 0.15) is 24.4 Å². The average Bonchev–Trinajstić information content (AvgIpc) is 3.13. The summed E-state index contributed by atoms with van der Waals surface area (Å²) in [6.45, 7) is 1.69. The van der Waals surface area contributed by atoms with Gasteiger partial charge in [0.1, 0.15) is 6.04 Å². The third-order valence-corrected chi connectivity index (χ3v) is 4.10. The van der Waals surface area contributed by atoms with E-state index in [0.29, 0.717) is 6.04 Å². The Kier molecular flexibility index (Phi) is 4.01. The molecule has 0 aliphatic carbocycles. The van der Waals surface area contributed by atoms with E-state index in [0.717, 1.165) is 31.5 Å². The Morgan fingerprint density at radius 2 is 2.14 bits per heavy atom. The molecule has 2 heterocycles. The van der Waals surface area contributed by atoms with E-state index in [2.05, 4.69) is 10.00 Å². The minimum Gasteiger partial charge on any atom is -0.368 e. The number of amides is 1. The first kappa shape index (κ1) is 13.8. The van der Waals surface area contributed by atoms with Crippen LogP contribution in [0.15, 0.2) is 48.8 Å². The van der Waals surface area contributed by atoms with Crippen molar-refractivity contribution in [3.8, 4) is 0 Å². The van der Waals surface area contributed by atoms with Crippen molar-refractivity contribution in [2.75, 3.05) is 6.54 Å². The van der Waals surface area contributed by atoms with Crippen LogP contribution in [0.25, 0.3) is 0 Å². The molecule has 1 amide bonds. The van der Waals surface area contributed by atoms with Gasteiger partial charge >= 0.3 is 0 Å². The summed E-state index contributed by atoms with van der Waals surface area (Å²) in [6, 6.07) is 11.6. The average molecular weight is 284 g/mol. The molecule has 110 valence electrons. The van der Waals surface area contributed by atoms with Crippen LogP contribution in [0.2, 0.25) is 0 Å². The summed E-state index contributed by atoms with van der Waals surface area (Å²) >= 11 is 0. The second kappa shape index (κ2) is 6.10. The van der Waals surface area contributed by atoms with Gasteiger partial charge in [-0.2, -0.15) is 5.10 Å². The van der Waals surface area contributed by atoms with Gasteiger partial charge in [0.25, 0.3) is 0 Å². The molecule has 2 N–H and O–H groups in total. The van der Waals surface area contributed by atoms with Crippen molar-refractivity contribution in [2.45, 2.75) is 31.5 Å². The Hall–Kier alpha value is -2.14. The molecule has 0 unspecified atom stereocenters. The summed E-state index contributed by atoms with van der Waals surface area (Å²) in [6.07, 6.45) is 5.89. The first-order valence-corrected chi connectivity index (χ1v) is 7.33. The number of rotatable bonds is 5. The van der Waals surface area contributed by atoms with Crippen molar-refractivity contribution in [3.63, 3.8) is 0 Å². The molecule has 1 aliphatic rings. The summed E-state index contributed by atoms with van der Waals surface area (Å²) in [7, 11) is 0. The molecule has 2 atom stereocenters. The zero-order valence-corrected chi connectivity index (χ0v) is 11.9. The molecular weight excluding hydrogens is 264 g/mol. The van der Waals surface area contributed by atoms with Crippen molar-refractivity contribution >= 4 is 5.91 Å². The number of benzene rings is 1. The lowest BCUT2D eigenvalue weighted by Gasteiger charge is -2.31. The predicted octanol–water partition coefficient (Wildman–Crippen LogP) is 1.57. The normalized spacial score (nSPS) is 20.5. The van der Waals surface area contributed by atoms with E-state index in [1.54, 1.807) is 6.20 Å². The van der Waals surface area contributed by atoms with Gasteiger partial charge in [0, 0.05) is 18.4 Å². The van der Waals surface area contributed by atoms with Crippen LogP contribution >= 0.6 is 0 Å². The van der Waals surface area contributed by atoms with Crippen LogP contribution in [0.3, 0.4) is 0 Å². The third kappa shape index (κ3) is 2.97. The van der Waals surface area contributed by atoms with E-state index in [9.17, 15) is 4.79 Å². The van der Waals surface area contributed by atoms with Gasteiger partial charge in [0.15, 0.2) is 0 Å². The fourth-order valence-corrected chi connectivity index (χ4v) is 3.17.